The zero-order valence-corrected chi connectivity index (χ0v) is 12.1. The van der Waals surface area contributed by atoms with Gasteiger partial charge in [-0.1, -0.05) is 0 Å². The second-order valence-electron chi connectivity index (χ2n) is 5.78. The van der Waals surface area contributed by atoms with Crippen LogP contribution in [0.3, 0.4) is 0 Å². The van der Waals surface area contributed by atoms with Crippen LogP contribution in [0.1, 0.15) is 46.5 Å². The van der Waals surface area contributed by atoms with Gasteiger partial charge in [-0.2, -0.15) is 12.6 Å². The topological polar surface area (TPSA) is 29.5 Å². The summed E-state index contributed by atoms with van der Waals surface area (Å²) in [5, 5.41) is 0. The summed E-state index contributed by atoms with van der Waals surface area (Å²) in [5.74, 6) is 1.73. The van der Waals surface area contributed by atoms with Crippen molar-refractivity contribution in [3.63, 3.8) is 0 Å². The monoisotopic (exact) mass is 259 g/mol. The number of carbonyl (C=O) groups excluding carboxylic acids is 1. The number of carbonyl (C=O) groups is 1. The van der Waals surface area contributed by atoms with Crippen molar-refractivity contribution in [2.75, 3.05) is 18.8 Å². The third kappa shape index (κ3) is 5.66. The van der Waals surface area contributed by atoms with E-state index in [0.717, 1.165) is 37.6 Å². The maximum atomic E-state index is 11.8. The fourth-order valence-corrected chi connectivity index (χ4v) is 2.29. The van der Waals surface area contributed by atoms with Crippen molar-refractivity contribution in [3.05, 3.63) is 0 Å². The molecule has 1 rings (SSSR count). The normalized spacial score (nSPS) is 18.2. The average molecular weight is 259 g/mol. The van der Waals surface area contributed by atoms with Gasteiger partial charge < -0.3 is 9.64 Å². The largest absolute Gasteiger partial charge is 0.444 e. The van der Waals surface area contributed by atoms with E-state index in [2.05, 4.69) is 12.6 Å². The Morgan fingerprint density at radius 1 is 1.35 bits per heavy atom. The van der Waals surface area contributed by atoms with E-state index in [4.69, 9.17) is 4.74 Å². The van der Waals surface area contributed by atoms with E-state index in [1.54, 1.807) is 0 Å². The first-order valence-electron chi connectivity index (χ1n) is 6.51. The van der Waals surface area contributed by atoms with Crippen molar-refractivity contribution in [2.24, 2.45) is 5.92 Å². The molecule has 100 valence electrons. The molecule has 0 aliphatic carbocycles. The number of ether oxygens (including phenoxy) is 1. The van der Waals surface area contributed by atoms with Crippen molar-refractivity contribution in [1.29, 1.82) is 0 Å². The molecule has 0 aromatic heterocycles. The molecule has 1 fully saturated rings. The summed E-state index contributed by atoms with van der Waals surface area (Å²) in [6.07, 6.45) is 4.47. The second-order valence-corrected chi connectivity index (χ2v) is 6.22. The van der Waals surface area contributed by atoms with Crippen molar-refractivity contribution < 1.29 is 9.53 Å². The number of hydrogen-bond acceptors (Lipinski definition) is 3. The molecule has 0 spiro atoms. The maximum absolute atomic E-state index is 11.8. The van der Waals surface area contributed by atoms with Crippen LogP contribution in [0.5, 0.6) is 0 Å². The molecule has 0 aromatic carbocycles. The SMILES string of the molecule is CC(C)(C)OC(=O)N1CCC(CCCS)CC1. The highest BCUT2D eigenvalue weighted by Gasteiger charge is 2.26. The van der Waals surface area contributed by atoms with Gasteiger partial charge in [0.1, 0.15) is 5.60 Å². The summed E-state index contributed by atoms with van der Waals surface area (Å²) >= 11 is 4.23. The quantitative estimate of drug-likeness (QED) is 0.788. The molecule has 4 heteroatoms. The van der Waals surface area contributed by atoms with Gasteiger partial charge in [0.25, 0.3) is 0 Å². The van der Waals surface area contributed by atoms with Crippen molar-refractivity contribution in [3.8, 4) is 0 Å². The van der Waals surface area contributed by atoms with Crippen LogP contribution >= 0.6 is 12.6 Å². The van der Waals surface area contributed by atoms with E-state index >= 15 is 0 Å². The lowest BCUT2D eigenvalue weighted by Gasteiger charge is -2.33. The van der Waals surface area contributed by atoms with Gasteiger partial charge in [-0.05, 0) is 58.1 Å². The van der Waals surface area contributed by atoms with Gasteiger partial charge in [-0.3, -0.25) is 0 Å². The lowest BCUT2D eigenvalue weighted by Crippen LogP contribution is -2.41. The summed E-state index contributed by atoms with van der Waals surface area (Å²) < 4.78 is 5.37. The first-order valence-corrected chi connectivity index (χ1v) is 7.14. The summed E-state index contributed by atoms with van der Waals surface area (Å²) in [4.78, 5) is 13.7. The summed E-state index contributed by atoms with van der Waals surface area (Å²) in [6.45, 7) is 7.40. The van der Waals surface area contributed by atoms with E-state index in [-0.39, 0.29) is 11.7 Å². The third-order valence-electron chi connectivity index (χ3n) is 3.04. The molecule has 0 unspecified atom stereocenters. The van der Waals surface area contributed by atoms with Crippen LogP contribution in [0.2, 0.25) is 0 Å². The van der Waals surface area contributed by atoms with Crippen molar-refractivity contribution in [1.82, 2.24) is 4.90 Å². The molecule has 0 bridgehead atoms. The Balaban J connectivity index is 2.29. The Morgan fingerprint density at radius 2 is 1.94 bits per heavy atom. The number of thiol groups is 1. The highest BCUT2D eigenvalue weighted by atomic mass is 32.1. The van der Waals surface area contributed by atoms with Crippen LogP contribution < -0.4 is 0 Å². The Morgan fingerprint density at radius 3 is 2.41 bits per heavy atom. The summed E-state index contributed by atoms with van der Waals surface area (Å²) in [7, 11) is 0. The minimum atomic E-state index is -0.389. The van der Waals surface area contributed by atoms with Gasteiger partial charge in [0, 0.05) is 13.1 Å². The Bertz CT molecular complexity index is 242. The fourth-order valence-electron chi connectivity index (χ4n) is 2.11. The van der Waals surface area contributed by atoms with Crippen molar-refractivity contribution >= 4 is 18.7 Å². The van der Waals surface area contributed by atoms with Crippen molar-refractivity contribution in [2.45, 2.75) is 52.1 Å². The number of amides is 1. The minimum absolute atomic E-state index is 0.162. The van der Waals surface area contributed by atoms with Crippen LogP contribution in [-0.4, -0.2) is 35.4 Å². The molecular formula is C13H25NO2S. The first kappa shape index (κ1) is 14.7. The molecule has 1 heterocycles. The third-order valence-corrected chi connectivity index (χ3v) is 3.35. The number of piperidine rings is 1. The molecule has 0 radical (unpaired) electrons. The molecular weight excluding hydrogens is 234 g/mol. The molecule has 0 atom stereocenters. The van der Waals surface area contributed by atoms with Crippen LogP contribution in [0.15, 0.2) is 0 Å². The molecule has 0 saturated carbocycles. The molecule has 1 saturated heterocycles. The Labute approximate surface area is 110 Å². The smallest absolute Gasteiger partial charge is 0.410 e. The fraction of sp³-hybridized carbons (Fsp3) is 0.923. The Hall–Kier alpha value is -0.380. The summed E-state index contributed by atoms with van der Waals surface area (Å²) in [5.41, 5.74) is -0.389. The van der Waals surface area contributed by atoms with E-state index in [1.807, 2.05) is 25.7 Å². The van der Waals surface area contributed by atoms with Gasteiger partial charge in [-0.25, -0.2) is 4.79 Å². The minimum Gasteiger partial charge on any atom is -0.444 e. The highest BCUT2D eigenvalue weighted by Crippen LogP contribution is 2.23. The van der Waals surface area contributed by atoms with E-state index in [9.17, 15) is 4.79 Å². The zero-order valence-electron chi connectivity index (χ0n) is 11.2. The van der Waals surface area contributed by atoms with Gasteiger partial charge in [0.15, 0.2) is 0 Å². The number of nitrogens with zero attached hydrogens (tertiary/aromatic N) is 1. The molecule has 1 aliphatic rings. The molecule has 0 N–H and O–H groups in total. The molecule has 1 aliphatic heterocycles. The average Bonchev–Trinajstić information content (AvgIpc) is 2.24. The predicted molar refractivity (Wildman–Crippen MR) is 73.6 cm³/mol. The van der Waals surface area contributed by atoms with Gasteiger partial charge in [-0.15, -0.1) is 0 Å². The number of hydrogen-bond donors (Lipinski definition) is 1. The van der Waals surface area contributed by atoms with E-state index < -0.39 is 0 Å². The lowest BCUT2D eigenvalue weighted by molar-refractivity contribution is 0.0181. The van der Waals surface area contributed by atoms with Crippen LogP contribution in [0.4, 0.5) is 4.79 Å². The molecule has 1 amide bonds. The second kappa shape index (κ2) is 6.53. The highest BCUT2D eigenvalue weighted by molar-refractivity contribution is 7.80. The van der Waals surface area contributed by atoms with Gasteiger partial charge in [0.2, 0.25) is 0 Å². The Kier molecular flexibility index (Phi) is 5.63. The predicted octanol–water partition coefficient (Wildman–Crippen LogP) is 3.34. The molecule has 0 aromatic rings. The van der Waals surface area contributed by atoms with Crippen LogP contribution in [0.25, 0.3) is 0 Å². The first-order chi connectivity index (χ1) is 7.92. The molecule has 17 heavy (non-hydrogen) atoms. The maximum Gasteiger partial charge on any atom is 0.410 e. The van der Waals surface area contributed by atoms with E-state index in [0.29, 0.717) is 0 Å². The summed E-state index contributed by atoms with van der Waals surface area (Å²) in [6, 6.07) is 0. The lowest BCUT2D eigenvalue weighted by atomic mass is 9.93. The number of rotatable bonds is 3. The van der Waals surface area contributed by atoms with Crippen LogP contribution in [-0.2, 0) is 4.74 Å². The van der Waals surface area contributed by atoms with Gasteiger partial charge >= 0.3 is 6.09 Å². The molecule has 3 nitrogen and oxygen atoms in total. The standard InChI is InChI=1S/C13H25NO2S/c1-13(2,3)16-12(15)14-8-6-11(7-9-14)5-4-10-17/h11,17H,4-10H2,1-3H3. The zero-order chi connectivity index (χ0) is 12.9. The van der Waals surface area contributed by atoms with E-state index in [1.165, 1.54) is 12.8 Å². The van der Waals surface area contributed by atoms with Gasteiger partial charge in [0.05, 0.1) is 0 Å². The number of likely N-dealkylation sites (tertiary alicyclic amines) is 1. The van der Waals surface area contributed by atoms with Crippen LogP contribution in [0, 0.1) is 5.92 Å².